The summed E-state index contributed by atoms with van der Waals surface area (Å²) >= 11 is 0. The summed E-state index contributed by atoms with van der Waals surface area (Å²) < 4.78 is 36.6. The summed E-state index contributed by atoms with van der Waals surface area (Å²) in [5, 5.41) is 21.7. The molecular formula is C28H27F2N3O4. The fraction of sp³-hybridized carbons (Fsp3) is 0.286. The molecule has 1 fully saturated rings. The molecule has 3 aromatic carbocycles. The van der Waals surface area contributed by atoms with Crippen LogP contribution in [0.4, 0.5) is 14.5 Å². The first-order valence-corrected chi connectivity index (χ1v) is 12.2. The van der Waals surface area contributed by atoms with Crippen molar-refractivity contribution >= 4 is 16.6 Å². The van der Waals surface area contributed by atoms with Crippen LogP contribution < -0.4 is 4.74 Å². The van der Waals surface area contributed by atoms with Crippen molar-refractivity contribution in [3.05, 3.63) is 105 Å². The Morgan fingerprint density at radius 3 is 2.38 bits per heavy atom. The number of aromatic nitrogens is 1. The van der Waals surface area contributed by atoms with Crippen molar-refractivity contribution in [1.29, 1.82) is 0 Å². The van der Waals surface area contributed by atoms with Crippen LogP contribution in [-0.2, 0) is 19.7 Å². The molecule has 2 heterocycles. The van der Waals surface area contributed by atoms with Crippen LogP contribution in [0.15, 0.2) is 66.9 Å². The Bertz CT molecular complexity index is 1390. The molecule has 192 valence electrons. The van der Waals surface area contributed by atoms with Crippen molar-refractivity contribution in [1.82, 2.24) is 9.47 Å². The lowest BCUT2D eigenvalue weighted by Crippen LogP contribution is -2.35. The summed E-state index contributed by atoms with van der Waals surface area (Å²) in [4.78, 5) is 12.7. The topological polar surface area (TPSA) is 80.8 Å². The molecule has 37 heavy (non-hydrogen) atoms. The van der Waals surface area contributed by atoms with Gasteiger partial charge in [-0.25, -0.2) is 8.78 Å². The molecule has 4 aromatic rings. The first-order valence-electron chi connectivity index (χ1n) is 12.2. The minimum atomic E-state index is -0.587. The number of fused-ring (bicyclic) bond motifs is 1. The van der Waals surface area contributed by atoms with E-state index >= 15 is 0 Å². The molecule has 0 atom stereocenters. The largest absolute Gasteiger partial charge is 0.489 e. The lowest BCUT2D eigenvalue weighted by Gasteiger charge is -2.29. The van der Waals surface area contributed by atoms with Gasteiger partial charge in [0.2, 0.25) is 0 Å². The van der Waals surface area contributed by atoms with Gasteiger partial charge in [0.1, 0.15) is 24.0 Å². The number of piperidine rings is 1. The fourth-order valence-corrected chi connectivity index (χ4v) is 4.75. The first-order chi connectivity index (χ1) is 17.9. The number of aliphatic hydroxyl groups is 1. The van der Waals surface area contributed by atoms with Crippen LogP contribution in [-0.4, -0.2) is 38.7 Å². The van der Waals surface area contributed by atoms with E-state index < -0.39 is 16.6 Å². The molecular weight excluding hydrogens is 480 g/mol. The highest BCUT2D eigenvalue weighted by molar-refractivity contribution is 5.85. The van der Waals surface area contributed by atoms with Crippen molar-refractivity contribution in [3.63, 3.8) is 0 Å². The van der Waals surface area contributed by atoms with Gasteiger partial charge in [0, 0.05) is 54.4 Å². The number of benzene rings is 3. The number of aliphatic hydroxyl groups excluding tert-OH is 1. The van der Waals surface area contributed by atoms with Crippen LogP contribution in [0, 0.1) is 21.7 Å². The molecule has 5 rings (SSSR count). The number of nitro groups is 1. The Labute approximate surface area is 212 Å². The second-order valence-corrected chi connectivity index (χ2v) is 9.38. The normalized spacial score (nSPS) is 14.8. The minimum absolute atomic E-state index is 0.00513. The minimum Gasteiger partial charge on any atom is -0.489 e. The number of rotatable bonds is 8. The van der Waals surface area contributed by atoms with Gasteiger partial charge in [0.15, 0.2) is 0 Å². The van der Waals surface area contributed by atoms with Crippen molar-refractivity contribution in [3.8, 4) is 5.75 Å². The molecule has 0 radical (unpaired) electrons. The van der Waals surface area contributed by atoms with E-state index in [1.54, 1.807) is 12.1 Å². The molecule has 9 heteroatoms. The Kier molecular flexibility index (Phi) is 7.16. The molecule has 0 unspecified atom stereocenters. The van der Waals surface area contributed by atoms with Crippen LogP contribution in [0.25, 0.3) is 10.9 Å². The molecule has 1 saturated heterocycles. The lowest BCUT2D eigenvalue weighted by molar-refractivity contribution is -0.384. The number of nitro benzene ring substituents is 1. The number of likely N-dealkylation sites (tertiary alicyclic amines) is 1. The predicted octanol–water partition coefficient (Wildman–Crippen LogP) is 5.41. The SMILES string of the molecule is O=[N+]([O-])c1ccc(COc2ccc3c(c2)c(CN2CCC(O)CC2)cn3Cc2c(F)cccc2F)cc1. The second-order valence-electron chi connectivity index (χ2n) is 9.38. The van der Waals surface area contributed by atoms with Crippen molar-refractivity contribution in [2.24, 2.45) is 0 Å². The van der Waals surface area contributed by atoms with Crippen LogP contribution in [0.5, 0.6) is 5.75 Å². The third-order valence-corrected chi connectivity index (χ3v) is 6.83. The number of nitrogens with zero attached hydrogens (tertiary/aromatic N) is 3. The van der Waals surface area contributed by atoms with Crippen LogP contribution in [0.2, 0.25) is 0 Å². The average Bonchev–Trinajstić information content (AvgIpc) is 3.23. The molecule has 1 aliphatic heterocycles. The van der Waals surface area contributed by atoms with Crippen molar-refractivity contribution < 1.29 is 23.5 Å². The summed E-state index contributed by atoms with van der Waals surface area (Å²) in [5.41, 5.74) is 2.66. The van der Waals surface area contributed by atoms with Crippen LogP contribution in [0.1, 0.15) is 29.5 Å². The van der Waals surface area contributed by atoms with Gasteiger partial charge in [-0.05, 0) is 66.4 Å². The van der Waals surface area contributed by atoms with Gasteiger partial charge < -0.3 is 14.4 Å². The lowest BCUT2D eigenvalue weighted by atomic mass is 10.1. The first kappa shape index (κ1) is 24.9. The quantitative estimate of drug-likeness (QED) is 0.255. The molecule has 0 spiro atoms. The molecule has 7 nitrogen and oxygen atoms in total. The molecule has 0 aliphatic carbocycles. The van der Waals surface area contributed by atoms with E-state index in [4.69, 9.17) is 4.74 Å². The third kappa shape index (κ3) is 5.63. The predicted molar refractivity (Wildman–Crippen MR) is 135 cm³/mol. The van der Waals surface area contributed by atoms with E-state index in [2.05, 4.69) is 4.90 Å². The monoisotopic (exact) mass is 507 g/mol. The van der Waals surface area contributed by atoms with E-state index in [9.17, 15) is 24.0 Å². The summed E-state index contributed by atoms with van der Waals surface area (Å²) in [6.07, 6.45) is 3.08. The Hall–Kier alpha value is -3.82. The average molecular weight is 508 g/mol. The maximum atomic E-state index is 14.4. The summed E-state index contributed by atoms with van der Waals surface area (Å²) in [5.74, 6) is -0.552. The van der Waals surface area contributed by atoms with E-state index in [-0.39, 0.29) is 30.5 Å². The highest BCUT2D eigenvalue weighted by Crippen LogP contribution is 2.30. The Morgan fingerprint density at radius 2 is 1.70 bits per heavy atom. The molecule has 0 amide bonds. The second kappa shape index (κ2) is 10.7. The van der Waals surface area contributed by atoms with E-state index in [1.165, 1.54) is 30.3 Å². The molecule has 0 bridgehead atoms. The number of hydrogen-bond acceptors (Lipinski definition) is 5. The zero-order valence-corrected chi connectivity index (χ0v) is 20.1. The van der Waals surface area contributed by atoms with E-state index in [0.717, 1.165) is 35.1 Å². The number of hydrogen-bond donors (Lipinski definition) is 1. The van der Waals surface area contributed by atoms with Crippen molar-refractivity contribution in [2.75, 3.05) is 13.1 Å². The Morgan fingerprint density at radius 1 is 1.00 bits per heavy atom. The van der Waals surface area contributed by atoms with Gasteiger partial charge in [-0.1, -0.05) is 6.07 Å². The third-order valence-electron chi connectivity index (χ3n) is 6.83. The number of non-ortho nitro benzene ring substituents is 1. The summed E-state index contributed by atoms with van der Waals surface area (Å²) in [6, 6.07) is 15.7. The van der Waals surface area contributed by atoms with Gasteiger partial charge >= 0.3 is 0 Å². The van der Waals surface area contributed by atoms with Gasteiger partial charge in [-0.2, -0.15) is 0 Å². The standard InChI is InChI=1S/C28H27F2N3O4/c29-26-2-1-3-27(30)25(26)17-32-16-20(15-31-12-10-22(34)11-13-31)24-14-23(8-9-28(24)32)37-18-19-4-6-21(7-5-19)33(35)36/h1-9,14,16,22,34H,10-13,15,17-18H2. The van der Waals surface area contributed by atoms with Crippen LogP contribution >= 0.6 is 0 Å². The maximum Gasteiger partial charge on any atom is 0.269 e. The number of halogens is 2. The van der Waals surface area contributed by atoms with Gasteiger partial charge in [-0.15, -0.1) is 0 Å². The molecule has 1 N–H and O–H groups in total. The summed E-state index contributed by atoms with van der Waals surface area (Å²) in [7, 11) is 0. The van der Waals surface area contributed by atoms with Gasteiger partial charge in [0.25, 0.3) is 5.69 Å². The zero-order chi connectivity index (χ0) is 25.9. The van der Waals surface area contributed by atoms with E-state index in [1.807, 2.05) is 29.0 Å². The molecule has 1 aliphatic rings. The van der Waals surface area contributed by atoms with Gasteiger partial charge in [-0.3, -0.25) is 15.0 Å². The van der Waals surface area contributed by atoms with E-state index in [0.29, 0.717) is 25.1 Å². The van der Waals surface area contributed by atoms with Crippen molar-refractivity contribution in [2.45, 2.75) is 38.6 Å². The maximum absolute atomic E-state index is 14.4. The smallest absolute Gasteiger partial charge is 0.269 e. The molecule has 1 aromatic heterocycles. The van der Waals surface area contributed by atoms with Crippen LogP contribution in [0.3, 0.4) is 0 Å². The highest BCUT2D eigenvalue weighted by atomic mass is 19.1. The zero-order valence-electron chi connectivity index (χ0n) is 20.1. The Balaban J connectivity index is 1.43. The van der Waals surface area contributed by atoms with Gasteiger partial charge in [0.05, 0.1) is 17.6 Å². The number of ether oxygens (including phenoxy) is 1. The molecule has 0 saturated carbocycles. The highest BCUT2D eigenvalue weighted by Gasteiger charge is 2.20. The summed E-state index contributed by atoms with van der Waals surface area (Å²) in [6.45, 7) is 2.47. The fourth-order valence-electron chi connectivity index (χ4n) is 4.75.